The third kappa shape index (κ3) is 7.38. The van der Waals surface area contributed by atoms with E-state index in [2.05, 4.69) is 5.32 Å². The molecule has 0 aliphatic carbocycles. The van der Waals surface area contributed by atoms with Crippen LogP contribution in [0.2, 0.25) is 15.1 Å². The first-order valence-corrected chi connectivity index (χ1v) is 12.0. The molecule has 208 valence electrons. The molecule has 0 amide bonds. The largest absolute Gasteiger partial charge is 0.495 e. The Morgan fingerprint density at radius 2 is 1.59 bits per heavy atom. The average Bonchev–Trinajstić information content (AvgIpc) is 2.87. The van der Waals surface area contributed by atoms with E-state index in [1.807, 2.05) is 0 Å². The van der Waals surface area contributed by atoms with Gasteiger partial charge in [0.15, 0.2) is 5.78 Å². The average molecular weight is 615 g/mol. The van der Waals surface area contributed by atoms with Crippen LogP contribution < -0.4 is 10.1 Å². The number of ketones is 1. The molecule has 0 bridgehead atoms. The Balaban J connectivity index is 1.98. The molecule has 13 heteroatoms. The molecular formula is C26H17Cl3F7NO2. The number of Topliss-reactive ketones (excluding diaryl/α,β-unsaturated/α-hetero) is 1. The van der Waals surface area contributed by atoms with Crippen molar-refractivity contribution < 1.29 is 40.3 Å². The Kier molecular flexibility index (Phi) is 9.46. The maximum absolute atomic E-state index is 15.0. The molecule has 0 saturated heterocycles. The van der Waals surface area contributed by atoms with Crippen LogP contribution in [0.15, 0.2) is 60.7 Å². The van der Waals surface area contributed by atoms with Crippen LogP contribution in [0.5, 0.6) is 5.75 Å². The summed E-state index contributed by atoms with van der Waals surface area (Å²) in [6, 6.07) is 9.79. The Hall–Kier alpha value is -2.95. The number of carbonyl (C=O) groups excluding carboxylic acids is 1. The number of nitrogens with one attached hydrogen (secondary N) is 1. The molecule has 0 aliphatic rings. The summed E-state index contributed by atoms with van der Waals surface area (Å²) in [5.41, 5.74) is -3.38. The Labute approximate surface area is 233 Å². The molecule has 3 nitrogen and oxygen atoms in total. The predicted molar refractivity (Wildman–Crippen MR) is 137 cm³/mol. The van der Waals surface area contributed by atoms with Crippen LogP contribution in [0.25, 0.3) is 5.83 Å². The molecule has 3 rings (SSSR count). The summed E-state index contributed by atoms with van der Waals surface area (Å²) in [5, 5.41) is 1.79. The monoisotopic (exact) mass is 613 g/mol. The molecule has 3 aromatic carbocycles. The van der Waals surface area contributed by atoms with Gasteiger partial charge in [-0.05, 0) is 42.0 Å². The quantitative estimate of drug-likeness (QED) is 0.156. The van der Waals surface area contributed by atoms with E-state index in [0.29, 0.717) is 17.5 Å². The van der Waals surface area contributed by atoms with Gasteiger partial charge in [0.05, 0.1) is 40.0 Å². The van der Waals surface area contributed by atoms with E-state index in [4.69, 9.17) is 39.5 Å². The number of ether oxygens (including phenoxy) is 1. The number of carbonyl (C=O) groups is 1. The fraction of sp³-hybridized carbons (Fsp3) is 0.192. The normalized spacial score (nSPS) is 13.3. The van der Waals surface area contributed by atoms with Gasteiger partial charge < -0.3 is 10.1 Å². The lowest BCUT2D eigenvalue weighted by molar-refractivity contribution is -0.140. The zero-order valence-corrected chi connectivity index (χ0v) is 21.9. The van der Waals surface area contributed by atoms with Crippen molar-refractivity contribution in [2.75, 3.05) is 19.0 Å². The highest BCUT2D eigenvalue weighted by Crippen LogP contribution is 2.43. The van der Waals surface area contributed by atoms with Crippen molar-refractivity contribution >= 4 is 52.1 Å². The summed E-state index contributed by atoms with van der Waals surface area (Å²) in [4.78, 5) is 12.7. The van der Waals surface area contributed by atoms with Crippen molar-refractivity contribution in [1.29, 1.82) is 0 Å². The number of halogens is 10. The summed E-state index contributed by atoms with van der Waals surface area (Å²) in [6.45, 7) is -0.574. The molecule has 0 aromatic heterocycles. The van der Waals surface area contributed by atoms with E-state index in [9.17, 15) is 31.1 Å². The fourth-order valence-corrected chi connectivity index (χ4v) is 4.22. The number of alkyl halides is 6. The first-order valence-electron chi connectivity index (χ1n) is 10.8. The van der Waals surface area contributed by atoms with Gasteiger partial charge >= 0.3 is 12.4 Å². The van der Waals surface area contributed by atoms with Crippen LogP contribution in [0.1, 0.15) is 33.0 Å². The highest BCUT2D eigenvalue weighted by Gasteiger charge is 2.41. The molecular weight excluding hydrogens is 598 g/mol. The number of methoxy groups -OCH3 is 1. The zero-order valence-electron chi connectivity index (χ0n) is 19.7. The number of allylic oxidation sites excluding steroid dienone is 1. The highest BCUT2D eigenvalue weighted by molar-refractivity contribution is 6.48. The number of hydrogen-bond donors (Lipinski definition) is 1. The van der Waals surface area contributed by atoms with Crippen LogP contribution in [0.4, 0.5) is 36.4 Å². The molecule has 39 heavy (non-hydrogen) atoms. The zero-order chi connectivity index (χ0) is 29.1. The molecule has 0 radical (unpaired) electrons. The van der Waals surface area contributed by atoms with Gasteiger partial charge in [0.1, 0.15) is 17.5 Å². The smallest absolute Gasteiger partial charge is 0.417 e. The molecule has 0 fully saturated rings. The van der Waals surface area contributed by atoms with Crippen LogP contribution in [0, 0.1) is 0 Å². The SMILES string of the molecule is COc1ccccc1NCC(=O)c1ccc(/C(F)=C/C(c2cc(Cl)c(Cl)c(Cl)c2)C(F)(F)F)cc1C(F)(F)F. The Bertz CT molecular complexity index is 1380. The number of para-hydroxylation sites is 2. The van der Waals surface area contributed by atoms with Gasteiger partial charge in [-0.1, -0.05) is 59.1 Å². The Morgan fingerprint density at radius 3 is 2.15 bits per heavy atom. The first-order chi connectivity index (χ1) is 18.1. The van der Waals surface area contributed by atoms with Crippen molar-refractivity contribution in [2.45, 2.75) is 18.3 Å². The number of anilines is 1. The molecule has 1 N–H and O–H groups in total. The van der Waals surface area contributed by atoms with Crippen molar-refractivity contribution in [3.8, 4) is 5.75 Å². The molecule has 1 unspecified atom stereocenters. The summed E-state index contributed by atoms with van der Waals surface area (Å²) in [6.07, 6.45) is -10.1. The molecule has 0 heterocycles. The van der Waals surface area contributed by atoms with E-state index < -0.39 is 58.7 Å². The van der Waals surface area contributed by atoms with Gasteiger partial charge in [-0.25, -0.2) is 4.39 Å². The number of rotatable bonds is 8. The van der Waals surface area contributed by atoms with Gasteiger partial charge in [0.2, 0.25) is 0 Å². The van der Waals surface area contributed by atoms with E-state index in [1.165, 1.54) is 13.2 Å². The maximum Gasteiger partial charge on any atom is 0.417 e. The number of hydrogen-bond acceptors (Lipinski definition) is 3. The van der Waals surface area contributed by atoms with Gasteiger partial charge in [0, 0.05) is 11.1 Å². The summed E-state index contributed by atoms with van der Waals surface area (Å²) in [7, 11) is 1.37. The van der Waals surface area contributed by atoms with Gasteiger partial charge in [0.25, 0.3) is 0 Å². The lowest BCUT2D eigenvalue weighted by Gasteiger charge is -2.19. The third-order valence-corrected chi connectivity index (χ3v) is 6.68. The van der Waals surface area contributed by atoms with Gasteiger partial charge in [-0.15, -0.1) is 0 Å². The van der Waals surface area contributed by atoms with E-state index >= 15 is 4.39 Å². The molecule has 0 spiro atoms. The fourth-order valence-electron chi connectivity index (χ4n) is 3.61. The minimum Gasteiger partial charge on any atom is -0.495 e. The lowest BCUT2D eigenvalue weighted by atomic mass is 9.95. The molecule has 0 saturated carbocycles. The standard InChI is InChI=1S/C26H17Cl3F7NO2/c1-39-23-5-3-2-4-21(23)37-12-22(38)15-7-6-13(8-17(15)26(34,35)36)20(30)11-16(25(31,32)33)14-9-18(27)24(29)19(28)10-14/h2-11,16,37H,12H2,1H3/b20-11-. The van der Waals surface area contributed by atoms with E-state index in [-0.39, 0.29) is 27.2 Å². The minimum absolute atomic E-state index is 0.0934. The van der Waals surface area contributed by atoms with Crippen LogP contribution >= 0.6 is 34.8 Å². The van der Waals surface area contributed by atoms with Crippen molar-refractivity contribution in [1.82, 2.24) is 0 Å². The van der Waals surface area contributed by atoms with Gasteiger partial charge in [-0.2, -0.15) is 26.3 Å². The maximum atomic E-state index is 15.0. The van der Waals surface area contributed by atoms with Crippen molar-refractivity contribution in [3.63, 3.8) is 0 Å². The first kappa shape index (κ1) is 30.6. The van der Waals surface area contributed by atoms with E-state index in [0.717, 1.165) is 18.2 Å². The van der Waals surface area contributed by atoms with Crippen LogP contribution in [0.3, 0.4) is 0 Å². The summed E-state index contributed by atoms with van der Waals surface area (Å²) in [5.74, 6) is -4.89. The Morgan fingerprint density at radius 1 is 0.974 bits per heavy atom. The molecule has 0 aliphatic heterocycles. The molecule has 3 aromatic rings. The third-order valence-electron chi connectivity index (χ3n) is 5.48. The second-order valence-electron chi connectivity index (χ2n) is 8.07. The highest BCUT2D eigenvalue weighted by atomic mass is 35.5. The van der Waals surface area contributed by atoms with Gasteiger partial charge in [-0.3, -0.25) is 4.79 Å². The van der Waals surface area contributed by atoms with E-state index in [1.54, 1.807) is 18.2 Å². The van der Waals surface area contributed by atoms with Crippen LogP contribution in [-0.2, 0) is 6.18 Å². The topological polar surface area (TPSA) is 38.3 Å². The predicted octanol–water partition coefficient (Wildman–Crippen LogP) is 9.63. The van der Waals surface area contributed by atoms with Crippen molar-refractivity contribution in [2.24, 2.45) is 0 Å². The van der Waals surface area contributed by atoms with Crippen LogP contribution in [-0.4, -0.2) is 25.6 Å². The summed E-state index contributed by atoms with van der Waals surface area (Å²) < 4.78 is 103. The summed E-state index contributed by atoms with van der Waals surface area (Å²) >= 11 is 17.4. The molecule has 1 atom stereocenters. The minimum atomic E-state index is -5.12. The number of benzene rings is 3. The second kappa shape index (κ2) is 12.1. The van der Waals surface area contributed by atoms with Crippen molar-refractivity contribution in [3.05, 3.63) is 98.0 Å². The lowest BCUT2D eigenvalue weighted by Crippen LogP contribution is -2.20. The second-order valence-corrected chi connectivity index (χ2v) is 9.26.